The quantitative estimate of drug-likeness (QED) is 0.826. The number of benzene rings is 1. The van der Waals surface area contributed by atoms with Crippen LogP contribution in [-0.2, 0) is 9.59 Å². The first-order valence-electron chi connectivity index (χ1n) is 9.31. The molecule has 4 bridgehead atoms. The van der Waals surface area contributed by atoms with E-state index >= 15 is 0 Å². The number of amides is 2. The van der Waals surface area contributed by atoms with Gasteiger partial charge in [-0.05, 0) is 74.5 Å². The number of anilines is 2. The minimum Gasteiger partial charge on any atom is -0.326 e. The summed E-state index contributed by atoms with van der Waals surface area (Å²) in [6.07, 6.45) is 8.24. The summed E-state index contributed by atoms with van der Waals surface area (Å²) in [4.78, 5) is 23.6. The predicted octanol–water partition coefficient (Wildman–Crippen LogP) is 4.29. The molecule has 4 nitrogen and oxygen atoms in total. The van der Waals surface area contributed by atoms with Gasteiger partial charge < -0.3 is 10.6 Å². The van der Waals surface area contributed by atoms with Gasteiger partial charge in [-0.15, -0.1) is 11.8 Å². The van der Waals surface area contributed by atoms with Crippen LogP contribution < -0.4 is 10.6 Å². The van der Waals surface area contributed by atoms with E-state index in [4.69, 9.17) is 0 Å². The van der Waals surface area contributed by atoms with E-state index in [2.05, 4.69) is 10.6 Å². The van der Waals surface area contributed by atoms with Crippen LogP contribution in [0.5, 0.6) is 0 Å². The van der Waals surface area contributed by atoms with Crippen LogP contribution in [0.15, 0.2) is 24.3 Å². The van der Waals surface area contributed by atoms with Gasteiger partial charge in [0.1, 0.15) is 0 Å². The highest BCUT2D eigenvalue weighted by Crippen LogP contribution is 2.60. The Hall–Kier alpha value is -1.49. The molecule has 4 aliphatic carbocycles. The Bertz CT molecular complexity index is 653. The third kappa shape index (κ3) is 3.86. The van der Waals surface area contributed by atoms with Crippen molar-refractivity contribution in [1.29, 1.82) is 0 Å². The molecule has 5 rings (SSSR count). The highest BCUT2D eigenvalue weighted by Gasteiger charge is 2.51. The molecule has 0 saturated heterocycles. The third-order valence-electron chi connectivity index (χ3n) is 5.96. The molecule has 1 aromatic carbocycles. The van der Waals surface area contributed by atoms with Gasteiger partial charge in [0.15, 0.2) is 0 Å². The van der Waals surface area contributed by atoms with Crippen LogP contribution in [0.1, 0.15) is 45.4 Å². The molecule has 2 amide bonds. The molecule has 4 saturated carbocycles. The summed E-state index contributed by atoms with van der Waals surface area (Å²) < 4.78 is 0.365. The van der Waals surface area contributed by atoms with Crippen molar-refractivity contribution >= 4 is 35.0 Å². The first-order chi connectivity index (χ1) is 12.0. The fourth-order valence-corrected chi connectivity index (χ4v) is 7.07. The molecule has 0 unspecified atom stereocenters. The number of carbonyl (C=O) groups excluding carboxylic acids is 2. The lowest BCUT2D eigenvalue weighted by atomic mass is 9.56. The van der Waals surface area contributed by atoms with E-state index in [1.807, 2.05) is 30.0 Å². The number of hydrogen-bond donors (Lipinski definition) is 2. The van der Waals surface area contributed by atoms with E-state index in [-0.39, 0.29) is 11.8 Å². The minimum atomic E-state index is -0.110. The van der Waals surface area contributed by atoms with Crippen molar-refractivity contribution in [2.45, 2.75) is 50.2 Å². The van der Waals surface area contributed by atoms with Crippen molar-refractivity contribution in [2.24, 2.45) is 17.8 Å². The van der Waals surface area contributed by atoms with Crippen molar-refractivity contribution in [3.8, 4) is 0 Å². The predicted molar refractivity (Wildman–Crippen MR) is 103 cm³/mol. The van der Waals surface area contributed by atoms with E-state index in [0.717, 1.165) is 23.4 Å². The fraction of sp³-hybridized carbons (Fsp3) is 0.600. The Balaban J connectivity index is 1.33. The van der Waals surface area contributed by atoms with Gasteiger partial charge in [0.05, 0.1) is 5.75 Å². The van der Waals surface area contributed by atoms with Gasteiger partial charge in [-0.1, -0.05) is 6.07 Å². The molecule has 25 heavy (non-hydrogen) atoms. The van der Waals surface area contributed by atoms with E-state index < -0.39 is 0 Å². The van der Waals surface area contributed by atoms with Crippen molar-refractivity contribution in [3.63, 3.8) is 0 Å². The van der Waals surface area contributed by atoms with E-state index in [1.54, 1.807) is 6.07 Å². The zero-order valence-electron chi connectivity index (χ0n) is 14.7. The summed E-state index contributed by atoms with van der Waals surface area (Å²) in [5, 5.41) is 5.72. The van der Waals surface area contributed by atoms with Gasteiger partial charge in [0.2, 0.25) is 11.8 Å². The second-order valence-electron chi connectivity index (χ2n) is 8.20. The zero-order chi connectivity index (χ0) is 17.4. The zero-order valence-corrected chi connectivity index (χ0v) is 15.5. The first kappa shape index (κ1) is 17.0. The van der Waals surface area contributed by atoms with Crippen LogP contribution >= 0.6 is 11.8 Å². The van der Waals surface area contributed by atoms with Crippen molar-refractivity contribution in [3.05, 3.63) is 24.3 Å². The van der Waals surface area contributed by atoms with Gasteiger partial charge in [-0.25, -0.2) is 0 Å². The maximum absolute atomic E-state index is 12.4. The SMILES string of the molecule is CC(=O)Nc1cccc(NC(=O)CSC23CC4CC(CC(C4)C2)C3)c1. The lowest BCUT2D eigenvalue weighted by Crippen LogP contribution is -2.49. The molecule has 0 spiro atoms. The Morgan fingerprint density at radius 2 is 1.60 bits per heavy atom. The normalized spacial score (nSPS) is 32.4. The summed E-state index contributed by atoms with van der Waals surface area (Å²) >= 11 is 1.89. The number of carbonyl (C=O) groups is 2. The highest BCUT2D eigenvalue weighted by molar-refractivity contribution is 8.01. The number of rotatable bonds is 5. The molecule has 0 aliphatic heterocycles. The molecule has 134 valence electrons. The molecular weight excluding hydrogens is 332 g/mol. The minimum absolute atomic E-state index is 0.0562. The van der Waals surface area contributed by atoms with Crippen LogP contribution in [0, 0.1) is 17.8 Å². The summed E-state index contributed by atoms with van der Waals surface area (Å²) in [5.41, 5.74) is 1.45. The molecule has 5 heteroatoms. The summed E-state index contributed by atoms with van der Waals surface area (Å²) in [7, 11) is 0. The van der Waals surface area contributed by atoms with Crippen LogP contribution in [0.2, 0.25) is 0 Å². The van der Waals surface area contributed by atoms with Gasteiger partial charge >= 0.3 is 0 Å². The Morgan fingerprint density at radius 3 is 2.16 bits per heavy atom. The standard InChI is InChI=1S/C20H26N2O2S/c1-13(23)21-17-3-2-4-18(8-17)22-19(24)12-25-20-9-14-5-15(10-20)7-16(6-14)11-20/h2-4,8,14-16H,5-7,9-12H2,1H3,(H,21,23)(H,22,24). The van der Waals surface area contributed by atoms with Crippen LogP contribution in [0.25, 0.3) is 0 Å². The molecule has 4 fully saturated rings. The third-order valence-corrected chi connectivity index (χ3v) is 7.48. The maximum Gasteiger partial charge on any atom is 0.234 e. The van der Waals surface area contributed by atoms with Gasteiger partial charge in [-0.3, -0.25) is 9.59 Å². The Labute approximate surface area is 153 Å². The average Bonchev–Trinajstić information content (AvgIpc) is 2.51. The van der Waals surface area contributed by atoms with Gasteiger partial charge in [0.25, 0.3) is 0 Å². The number of nitrogens with one attached hydrogen (secondary N) is 2. The highest BCUT2D eigenvalue weighted by atomic mass is 32.2. The van der Waals surface area contributed by atoms with E-state index in [9.17, 15) is 9.59 Å². The summed E-state index contributed by atoms with van der Waals surface area (Å²) in [6.45, 7) is 1.48. The van der Waals surface area contributed by atoms with Gasteiger partial charge in [0, 0.05) is 23.0 Å². The van der Waals surface area contributed by atoms with Crippen LogP contribution in [-0.4, -0.2) is 22.3 Å². The number of hydrogen-bond acceptors (Lipinski definition) is 3. The first-order valence-corrected chi connectivity index (χ1v) is 10.3. The molecule has 0 atom stereocenters. The molecule has 0 aromatic heterocycles. The molecular formula is C20H26N2O2S. The molecule has 2 N–H and O–H groups in total. The molecule has 1 aromatic rings. The number of thioether (sulfide) groups is 1. The summed E-state index contributed by atoms with van der Waals surface area (Å²) in [6, 6.07) is 7.32. The smallest absolute Gasteiger partial charge is 0.234 e. The molecule has 4 aliphatic rings. The average molecular weight is 359 g/mol. The lowest BCUT2D eigenvalue weighted by molar-refractivity contribution is -0.114. The molecule has 0 radical (unpaired) electrons. The van der Waals surface area contributed by atoms with Crippen LogP contribution in [0.3, 0.4) is 0 Å². The molecule has 0 heterocycles. The Kier molecular flexibility index (Phi) is 4.52. The van der Waals surface area contributed by atoms with Gasteiger partial charge in [-0.2, -0.15) is 0 Å². The van der Waals surface area contributed by atoms with E-state index in [0.29, 0.717) is 16.2 Å². The van der Waals surface area contributed by atoms with Crippen LogP contribution in [0.4, 0.5) is 11.4 Å². The monoisotopic (exact) mass is 358 g/mol. The second-order valence-corrected chi connectivity index (χ2v) is 9.64. The largest absolute Gasteiger partial charge is 0.326 e. The Morgan fingerprint density at radius 1 is 1.04 bits per heavy atom. The van der Waals surface area contributed by atoms with Crippen molar-refractivity contribution in [2.75, 3.05) is 16.4 Å². The van der Waals surface area contributed by atoms with E-state index in [1.165, 1.54) is 45.4 Å². The second kappa shape index (κ2) is 6.67. The van der Waals surface area contributed by atoms with Crippen molar-refractivity contribution in [1.82, 2.24) is 0 Å². The summed E-state index contributed by atoms with van der Waals surface area (Å²) in [5.74, 6) is 3.21. The maximum atomic E-state index is 12.4. The van der Waals surface area contributed by atoms with Crippen molar-refractivity contribution < 1.29 is 9.59 Å². The lowest BCUT2D eigenvalue weighted by Gasteiger charge is -2.56. The topological polar surface area (TPSA) is 58.2 Å². The fourth-order valence-electron chi connectivity index (χ4n) is 5.50.